The van der Waals surface area contributed by atoms with Gasteiger partial charge in [0.1, 0.15) is 0 Å². The SMILES string of the molecule is O=C1CCc2cc(C(=O)N3CCNC(CC(=O)c4ccccc4)C3)ccc2N1. The van der Waals surface area contributed by atoms with E-state index < -0.39 is 0 Å². The predicted molar refractivity (Wildman–Crippen MR) is 106 cm³/mol. The minimum atomic E-state index is -0.0534. The smallest absolute Gasteiger partial charge is 0.253 e. The van der Waals surface area contributed by atoms with Gasteiger partial charge in [-0.25, -0.2) is 0 Å². The lowest BCUT2D eigenvalue weighted by molar-refractivity contribution is -0.116. The summed E-state index contributed by atoms with van der Waals surface area (Å²) in [6.45, 7) is 1.79. The lowest BCUT2D eigenvalue weighted by Crippen LogP contribution is -2.53. The molecule has 144 valence electrons. The zero-order valence-electron chi connectivity index (χ0n) is 15.6. The highest BCUT2D eigenvalue weighted by atomic mass is 16.2. The minimum Gasteiger partial charge on any atom is -0.336 e. The number of ketones is 1. The van der Waals surface area contributed by atoms with E-state index >= 15 is 0 Å². The van der Waals surface area contributed by atoms with Gasteiger partial charge in [0.15, 0.2) is 5.78 Å². The molecule has 2 aromatic carbocycles. The molecule has 1 atom stereocenters. The first-order valence-corrected chi connectivity index (χ1v) is 9.64. The molecule has 0 radical (unpaired) electrons. The Hall–Kier alpha value is -2.99. The van der Waals surface area contributed by atoms with E-state index in [0.29, 0.717) is 50.0 Å². The van der Waals surface area contributed by atoms with E-state index in [9.17, 15) is 14.4 Å². The van der Waals surface area contributed by atoms with Crippen LogP contribution in [-0.2, 0) is 11.2 Å². The summed E-state index contributed by atoms with van der Waals surface area (Å²) in [6.07, 6.45) is 1.46. The maximum atomic E-state index is 13.0. The van der Waals surface area contributed by atoms with E-state index in [1.165, 1.54) is 0 Å². The van der Waals surface area contributed by atoms with E-state index in [-0.39, 0.29) is 23.6 Å². The maximum absolute atomic E-state index is 13.0. The highest BCUT2D eigenvalue weighted by Crippen LogP contribution is 2.24. The topological polar surface area (TPSA) is 78.5 Å². The van der Waals surface area contributed by atoms with Crippen LogP contribution in [0.25, 0.3) is 0 Å². The van der Waals surface area contributed by atoms with Gasteiger partial charge in [-0.2, -0.15) is 0 Å². The number of nitrogens with one attached hydrogen (secondary N) is 2. The van der Waals surface area contributed by atoms with Crippen LogP contribution in [0.4, 0.5) is 5.69 Å². The van der Waals surface area contributed by atoms with E-state index in [0.717, 1.165) is 11.3 Å². The van der Waals surface area contributed by atoms with Crippen molar-refractivity contribution in [3.8, 4) is 0 Å². The van der Waals surface area contributed by atoms with Crippen molar-refractivity contribution >= 4 is 23.3 Å². The molecule has 2 aliphatic rings. The monoisotopic (exact) mass is 377 g/mol. The first-order chi connectivity index (χ1) is 13.6. The molecule has 0 spiro atoms. The Morgan fingerprint density at radius 1 is 1.04 bits per heavy atom. The number of benzene rings is 2. The first-order valence-electron chi connectivity index (χ1n) is 9.64. The number of amides is 2. The highest BCUT2D eigenvalue weighted by molar-refractivity contribution is 5.98. The molecule has 2 N–H and O–H groups in total. The summed E-state index contributed by atoms with van der Waals surface area (Å²) in [5.74, 6) is 0.0647. The van der Waals surface area contributed by atoms with Crippen LogP contribution >= 0.6 is 0 Å². The molecule has 6 heteroatoms. The summed E-state index contributed by atoms with van der Waals surface area (Å²) in [5.41, 5.74) is 3.12. The fourth-order valence-corrected chi connectivity index (χ4v) is 3.81. The van der Waals surface area contributed by atoms with Crippen LogP contribution in [0.5, 0.6) is 0 Å². The van der Waals surface area contributed by atoms with Gasteiger partial charge in [0.2, 0.25) is 5.91 Å². The third-order valence-corrected chi connectivity index (χ3v) is 5.32. The van der Waals surface area contributed by atoms with E-state index in [2.05, 4.69) is 10.6 Å². The zero-order chi connectivity index (χ0) is 19.5. The normalized spacial score (nSPS) is 18.9. The molecule has 0 aromatic heterocycles. The number of anilines is 1. The van der Waals surface area contributed by atoms with Crippen molar-refractivity contribution in [3.05, 3.63) is 65.2 Å². The van der Waals surface area contributed by atoms with Crippen LogP contribution in [0.15, 0.2) is 48.5 Å². The molecule has 0 aliphatic carbocycles. The van der Waals surface area contributed by atoms with Crippen molar-refractivity contribution in [1.29, 1.82) is 0 Å². The number of hydrogen-bond acceptors (Lipinski definition) is 4. The molecule has 2 amide bonds. The van der Waals surface area contributed by atoms with Crippen molar-refractivity contribution in [3.63, 3.8) is 0 Å². The maximum Gasteiger partial charge on any atom is 0.253 e. The molecule has 0 saturated carbocycles. The van der Waals surface area contributed by atoms with Crippen LogP contribution in [0.2, 0.25) is 0 Å². The summed E-state index contributed by atoms with van der Waals surface area (Å²) in [7, 11) is 0. The molecular formula is C22H23N3O3. The average Bonchev–Trinajstić information content (AvgIpc) is 2.73. The molecule has 2 aromatic rings. The molecule has 1 saturated heterocycles. The minimum absolute atomic E-state index is 0.0135. The number of nitrogens with zero attached hydrogens (tertiary/aromatic N) is 1. The van der Waals surface area contributed by atoms with Gasteiger partial charge in [-0.05, 0) is 30.2 Å². The largest absolute Gasteiger partial charge is 0.336 e. The summed E-state index contributed by atoms with van der Waals surface area (Å²) < 4.78 is 0. The number of hydrogen-bond donors (Lipinski definition) is 2. The Morgan fingerprint density at radius 2 is 1.86 bits per heavy atom. The van der Waals surface area contributed by atoms with Crippen LogP contribution in [0.1, 0.15) is 39.1 Å². The van der Waals surface area contributed by atoms with Gasteiger partial charge in [0.05, 0.1) is 0 Å². The van der Waals surface area contributed by atoms with Gasteiger partial charge in [0.25, 0.3) is 5.91 Å². The third kappa shape index (κ3) is 3.97. The predicted octanol–water partition coefficient (Wildman–Crippen LogP) is 2.26. The van der Waals surface area contributed by atoms with Crippen LogP contribution in [0, 0.1) is 0 Å². The lowest BCUT2D eigenvalue weighted by atomic mass is 9.99. The molecule has 2 aliphatic heterocycles. The van der Waals surface area contributed by atoms with Crippen molar-refractivity contribution in [2.45, 2.75) is 25.3 Å². The summed E-state index contributed by atoms with van der Waals surface area (Å²) >= 11 is 0. The van der Waals surface area contributed by atoms with E-state index in [1.54, 1.807) is 12.1 Å². The summed E-state index contributed by atoms with van der Waals surface area (Å²) in [4.78, 5) is 38.8. The van der Waals surface area contributed by atoms with Gasteiger partial charge < -0.3 is 15.5 Å². The molecule has 4 rings (SSSR count). The van der Waals surface area contributed by atoms with Crippen molar-refractivity contribution in [1.82, 2.24) is 10.2 Å². The second-order valence-corrected chi connectivity index (χ2v) is 7.32. The number of rotatable bonds is 4. The van der Waals surface area contributed by atoms with Crippen molar-refractivity contribution < 1.29 is 14.4 Å². The molecule has 0 bridgehead atoms. The first kappa shape index (κ1) is 18.4. The van der Waals surface area contributed by atoms with Gasteiger partial charge in [0, 0.05) is 55.3 Å². The Labute approximate surface area is 163 Å². The van der Waals surface area contributed by atoms with E-state index in [1.807, 2.05) is 41.3 Å². The van der Waals surface area contributed by atoms with E-state index in [4.69, 9.17) is 0 Å². The molecule has 1 unspecified atom stereocenters. The standard InChI is InChI=1S/C22H23N3O3/c26-20(15-4-2-1-3-5-15)13-18-14-25(11-10-23-18)22(28)17-6-8-19-16(12-17)7-9-21(27)24-19/h1-6,8,12,18,23H,7,9-11,13-14H2,(H,24,27). The Bertz CT molecular complexity index is 910. The number of piperazine rings is 1. The van der Waals surface area contributed by atoms with Gasteiger partial charge in [-0.15, -0.1) is 0 Å². The fourth-order valence-electron chi connectivity index (χ4n) is 3.81. The fraction of sp³-hybridized carbons (Fsp3) is 0.318. The van der Waals surface area contributed by atoms with Gasteiger partial charge in [-0.1, -0.05) is 30.3 Å². The summed E-state index contributed by atoms with van der Waals surface area (Å²) in [5, 5.41) is 6.19. The second-order valence-electron chi connectivity index (χ2n) is 7.32. The van der Waals surface area contributed by atoms with Crippen LogP contribution in [0.3, 0.4) is 0 Å². The zero-order valence-corrected chi connectivity index (χ0v) is 15.6. The second kappa shape index (κ2) is 7.94. The Kier molecular flexibility index (Phi) is 5.21. The third-order valence-electron chi connectivity index (χ3n) is 5.32. The molecule has 2 heterocycles. The van der Waals surface area contributed by atoms with Crippen molar-refractivity contribution in [2.24, 2.45) is 0 Å². The number of Topliss-reactive ketones (excluding diaryl/α,β-unsaturated/α-hetero) is 1. The molecule has 6 nitrogen and oxygen atoms in total. The molecular weight excluding hydrogens is 354 g/mol. The molecule has 28 heavy (non-hydrogen) atoms. The number of aryl methyl sites for hydroxylation is 1. The Balaban J connectivity index is 1.42. The number of carbonyl (C=O) groups is 3. The number of carbonyl (C=O) groups excluding carboxylic acids is 3. The lowest BCUT2D eigenvalue weighted by Gasteiger charge is -2.33. The van der Waals surface area contributed by atoms with Crippen LogP contribution < -0.4 is 10.6 Å². The van der Waals surface area contributed by atoms with Gasteiger partial charge >= 0.3 is 0 Å². The Morgan fingerprint density at radius 3 is 2.68 bits per heavy atom. The number of fused-ring (bicyclic) bond motifs is 1. The summed E-state index contributed by atoms with van der Waals surface area (Å²) in [6, 6.07) is 14.6. The van der Waals surface area contributed by atoms with Crippen molar-refractivity contribution in [2.75, 3.05) is 25.0 Å². The highest BCUT2D eigenvalue weighted by Gasteiger charge is 2.26. The quantitative estimate of drug-likeness (QED) is 0.801. The van der Waals surface area contributed by atoms with Gasteiger partial charge in [-0.3, -0.25) is 14.4 Å². The average molecular weight is 377 g/mol. The molecule has 1 fully saturated rings. The van der Waals surface area contributed by atoms with Crippen LogP contribution in [-0.4, -0.2) is 48.2 Å².